The molecule has 2 aromatic heterocycles. The zero-order chi connectivity index (χ0) is 18.1. The van der Waals surface area contributed by atoms with Crippen molar-refractivity contribution in [2.75, 3.05) is 0 Å². The van der Waals surface area contributed by atoms with Gasteiger partial charge in [-0.3, -0.25) is 9.78 Å². The van der Waals surface area contributed by atoms with Crippen LogP contribution in [0.2, 0.25) is 0 Å². The molecule has 26 heavy (non-hydrogen) atoms. The normalized spacial score (nSPS) is 10.9. The Morgan fingerprint density at radius 2 is 1.92 bits per heavy atom. The van der Waals surface area contributed by atoms with Crippen LogP contribution >= 0.6 is 11.3 Å². The van der Waals surface area contributed by atoms with E-state index in [0.717, 1.165) is 36.9 Å². The summed E-state index contributed by atoms with van der Waals surface area (Å²) in [5.74, 6) is -0.793. The summed E-state index contributed by atoms with van der Waals surface area (Å²) in [4.78, 5) is 16.3. The predicted molar refractivity (Wildman–Crippen MR) is 103 cm³/mol. The topological polar surface area (TPSA) is 74.0 Å². The zero-order valence-electron chi connectivity index (χ0n) is 13.8. The molecule has 0 saturated carbocycles. The van der Waals surface area contributed by atoms with Crippen molar-refractivity contribution >= 4 is 38.2 Å². The molecule has 2 heterocycles. The number of aliphatic carboxylic acids is 1. The molecule has 0 saturated heterocycles. The third kappa shape index (κ3) is 2.81. The van der Waals surface area contributed by atoms with Gasteiger partial charge in [0.15, 0.2) is 0 Å². The lowest BCUT2D eigenvalue weighted by atomic mass is 9.96. The number of aryl methyl sites for hydroxylation is 1. The number of rotatable bonds is 4. The van der Waals surface area contributed by atoms with Gasteiger partial charge in [0, 0.05) is 38.3 Å². The number of hydrogen-bond donors (Lipinski definition) is 1. The van der Waals surface area contributed by atoms with Gasteiger partial charge in [-0.2, -0.15) is 5.26 Å². The van der Waals surface area contributed by atoms with Crippen molar-refractivity contribution in [2.45, 2.75) is 12.8 Å². The van der Waals surface area contributed by atoms with Gasteiger partial charge in [-0.05, 0) is 29.5 Å². The summed E-state index contributed by atoms with van der Waals surface area (Å²) >= 11 is 1.61. The standard InChI is InChI=1S/C21H14N2O2S/c22-10-13-5-7-18(17-4-2-1-3-16(13)17)19-12-23-11-14-9-15(26-21(14)19)6-8-20(24)25/h1-5,7,9,11-12H,6,8H2,(H,24,25). The lowest BCUT2D eigenvalue weighted by Gasteiger charge is -2.09. The van der Waals surface area contributed by atoms with Crippen LogP contribution in [0.25, 0.3) is 32.0 Å². The number of carbonyl (C=O) groups is 1. The van der Waals surface area contributed by atoms with Gasteiger partial charge in [0.1, 0.15) is 0 Å². The Bertz CT molecular complexity index is 1190. The fraction of sp³-hybridized carbons (Fsp3) is 0.0952. The van der Waals surface area contributed by atoms with Crippen molar-refractivity contribution in [3.63, 3.8) is 0 Å². The largest absolute Gasteiger partial charge is 0.481 e. The summed E-state index contributed by atoms with van der Waals surface area (Å²) < 4.78 is 1.09. The summed E-state index contributed by atoms with van der Waals surface area (Å²) in [5, 5.41) is 21.2. The minimum absolute atomic E-state index is 0.120. The number of pyridine rings is 1. The van der Waals surface area contributed by atoms with Crippen molar-refractivity contribution in [1.82, 2.24) is 4.98 Å². The highest BCUT2D eigenvalue weighted by Crippen LogP contribution is 2.38. The molecule has 1 N–H and O–H groups in total. The van der Waals surface area contributed by atoms with Gasteiger partial charge in [-0.25, -0.2) is 0 Å². The molecule has 0 bridgehead atoms. The van der Waals surface area contributed by atoms with E-state index < -0.39 is 5.97 Å². The third-order valence-electron chi connectivity index (χ3n) is 4.39. The monoisotopic (exact) mass is 358 g/mol. The van der Waals surface area contributed by atoms with Crippen LogP contribution in [0.1, 0.15) is 16.9 Å². The lowest BCUT2D eigenvalue weighted by Crippen LogP contribution is -1.95. The Morgan fingerprint density at radius 1 is 1.12 bits per heavy atom. The number of carboxylic acids is 1. The summed E-state index contributed by atoms with van der Waals surface area (Å²) in [5.41, 5.74) is 2.69. The van der Waals surface area contributed by atoms with E-state index in [1.807, 2.05) is 54.9 Å². The fourth-order valence-corrected chi connectivity index (χ4v) is 4.35. The highest BCUT2D eigenvalue weighted by atomic mass is 32.1. The summed E-state index contributed by atoms with van der Waals surface area (Å²) in [7, 11) is 0. The van der Waals surface area contributed by atoms with Crippen molar-refractivity contribution < 1.29 is 9.90 Å². The first-order chi connectivity index (χ1) is 12.7. The van der Waals surface area contributed by atoms with Crippen LogP contribution < -0.4 is 0 Å². The summed E-state index contributed by atoms with van der Waals surface area (Å²) in [6.45, 7) is 0. The van der Waals surface area contributed by atoms with Crippen molar-refractivity contribution in [1.29, 1.82) is 5.26 Å². The zero-order valence-corrected chi connectivity index (χ0v) is 14.6. The quantitative estimate of drug-likeness (QED) is 0.557. The lowest BCUT2D eigenvalue weighted by molar-refractivity contribution is -0.136. The number of benzene rings is 2. The number of thiophene rings is 1. The van der Waals surface area contributed by atoms with Crippen LogP contribution in [0.15, 0.2) is 54.9 Å². The van der Waals surface area contributed by atoms with Crippen LogP contribution in [0.3, 0.4) is 0 Å². The maximum atomic E-state index is 10.8. The molecular weight excluding hydrogens is 344 g/mol. The molecular formula is C21H14N2O2S. The highest BCUT2D eigenvalue weighted by molar-refractivity contribution is 7.19. The van der Waals surface area contributed by atoms with E-state index in [1.165, 1.54) is 0 Å². The molecule has 0 aliphatic heterocycles. The summed E-state index contributed by atoms with van der Waals surface area (Å²) in [6, 6.07) is 15.9. The van der Waals surface area contributed by atoms with E-state index in [4.69, 9.17) is 5.11 Å². The van der Waals surface area contributed by atoms with Crippen LogP contribution in [-0.2, 0) is 11.2 Å². The molecule has 0 spiro atoms. The molecule has 0 aliphatic carbocycles. The number of fused-ring (bicyclic) bond motifs is 2. The van der Waals surface area contributed by atoms with Gasteiger partial charge in [-0.1, -0.05) is 30.3 Å². The van der Waals surface area contributed by atoms with Crippen molar-refractivity contribution in [2.24, 2.45) is 0 Å². The Labute approximate surface area is 154 Å². The SMILES string of the molecule is N#Cc1ccc(-c2cncc3cc(CCC(=O)O)sc23)c2ccccc12. The van der Waals surface area contributed by atoms with E-state index in [9.17, 15) is 10.1 Å². The van der Waals surface area contributed by atoms with E-state index >= 15 is 0 Å². The second-order valence-corrected chi connectivity index (χ2v) is 7.17. The van der Waals surface area contributed by atoms with Crippen LogP contribution in [0, 0.1) is 11.3 Å². The highest BCUT2D eigenvalue weighted by Gasteiger charge is 2.13. The van der Waals surface area contributed by atoms with Gasteiger partial charge in [-0.15, -0.1) is 11.3 Å². The molecule has 0 aliphatic rings. The second kappa shape index (κ2) is 6.58. The molecule has 0 atom stereocenters. The first kappa shape index (κ1) is 16.2. The van der Waals surface area contributed by atoms with Crippen LogP contribution in [-0.4, -0.2) is 16.1 Å². The van der Waals surface area contributed by atoms with Gasteiger partial charge >= 0.3 is 5.97 Å². The Hall–Kier alpha value is -3.23. The number of nitrogens with zero attached hydrogens (tertiary/aromatic N) is 2. The molecule has 0 radical (unpaired) electrons. The van der Waals surface area contributed by atoms with Crippen LogP contribution in [0.4, 0.5) is 0 Å². The van der Waals surface area contributed by atoms with E-state index in [2.05, 4.69) is 11.1 Å². The summed E-state index contributed by atoms with van der Waals surface area (Å²) in [6.07, 6.45) is 4.29. The molecule has 4 nitrogen and oxygen atoms in total. The molecule has 126 valence electrons. The van der Waals surface area contributed by atoms with E-state index in [-0.39, 0.29) is 6.42 Å². The third-order valence-corrected chi connectivity index (χ3v) is 5.64. The maximum absolute atomic E-state index is 10.8. The average molecular weight is 358 g/mol. The smallest absolute Gasteiger partial charge is 0.303 e. The second-order valence-electron chi connectivity index (χ2n) is 6.03. The first-order valence-corrected chi connectivity index (χ1v) is 8.99. The van der Waals surface area contributed by atoms with Crippen LogP contribution in [0.5, 0.6) is 0 Å². The average Bonchev–Trinajstić information content (AvgIpc) is 3.09. The predicted octanol–water partition coefficient (Wildman–Crippen LogP) is 5.01. The van der Waals surface area contributed by atoms with E-state index in [0.29, 0.717) is 12.0 Å². The fourth-order valence-electron chi connectivity index (χ4n) is 3.19. The van der Waals surface area contributed by atoms with Crippen molar-refractivity contribution in [3.05, 3.63) is 65.3 Å². The number of hydrogen-bond acceptors (Lipinski definition) is 4. The minimum Gasteiger partial charge on any atom is -0.481 e. The molecule has 0 fully saturated rings. The molecule has 0 amide bonds. The minimum atomic E-state index is -0.793. The van der Waals surface area contributed by atoms with Gasteiger partial charge in [0.05, 0.1) is 18.1 Å². The van der Waals surface area contributed by atoms with Gasteiger partial charge in [0.2, 0.25) is 0 Å². The molecule has 4 rings (SSSR count). The van der Waals surface area contributed by atoms with E-state index in [1.54, 1.807) is 11.3 Å². The molecule has 5 heteroatoms. The molecule has 4 aromatic rings. The van der Waals surface area contributed by atoms with Crippen molar-refractivity contribution in [3.8, 4) is 17.2 Å². The Kier molecular flexibility index (Phi) is 4.11. The van der Waals surface area contributed by atoms with Gasteiger partial charge in [0.25, 0.3) is 0 Å². The Morgan fingerprint density at radius 3 is 2.69 bits per heavy atom. The maximum Gasteiger partial charge on any atom is 0.303 e. The number of carboxylic acid groups (broad SMARTS) is 1. The number of nitriles is 1. The molecule has 0 unspecified atom stereocenters. The number of aromatic nitrogens is 1. The Balaban J connectivity index is 1.91. The molecule has 2 aromatic carbocycles. The first-order valence-electron chi connectivity index (χ1n) is 8.18. The van der Waals surface area contributed by atoms with Gasteiger partial charge < -0.3 is 5.11 Å².